The van der Waals surface area contributed by atoms with Gasteiger partial charge in [0.25, 0.3) is 0 Å². The number of rotatable bonds is 4. The topological polar surface area (TPSA) is 53.6 Å². The maximum absolute atomic E-state index is 12.6. The fourth-order valence-corrected chi connectivity index (χ4v) is 3.88. The first-order valence-corrected chi connectivity index (χ1v) is 8.17. The number of fused-ring (bicyclic) bond motifs is 2. The molecule has 3 aliphatic rings. The molecule has 3 fully saturated rings. The molecule has 0 aromatic heterocycles. The van der Waals surface area contributed by atoms with Crippen molar-refractivity contribution in [1.82, 2.24) is 15.5 Å². The molecule has 5 heteroatoms. The molecule has 2 amide bonds. The number of amides is 2. The Morgan fingerprint density at radius 3 is 2.65 bits per heavy atom. The van der Waals surface area contributed by atoms with E-state index in [-0.39, 0.29) is 12.1 Å². The first-order valence-electron chi connectivity index (χ1n) is 8.17. The third-order valence-corrected chi connectivity index (χ3v) is 4.87. The molecule has 5 nitrogen and oxygen atoms in total. The van der Waals surface area contributed by atoms with Gasteiger partial charge in [0.15, 0.2) is 0 Å². The van der Waals surface area contributed by atoms with E-state index in [4.69, 9.17) is 4.74 Å². The normalized spacial score (nSPS) is 36.0. The number of nitrogens with one attached hydrogen (secondary N) is 2. The Kier molecular flexibility index (Phi) is 4.46. The fraction of sp³-hybridized carbons (Fsp3) is 0.933. The van der Waals surface area contributed by atoms with Crippen LogP contribution in [0.1, 0.15) is 45.4 Å². The van der Waals surface area contributed by atoms with E-state index >= 15 is 0 Å². The summed E-state index contributed by atoms with van der Waals surface area (Å²) in [4.78, 5) is 14.6. The van der Waals surface area contributed by atoms with Gasteiger partial charge in [0, 0.05) is 31.3 Å². The van der Waals surface area contributed by atoms with Crippen LogP contribution in [0.3, 0.4) is 0 Å². The number of piperidine rings is 1. The van der Waals surface area contributed by atoms with E-state index < -0.39 is 0 Å². The first kappa shape index (κ1) is 14.1. The maximum Gasteiger partial charge on any atom is 0.317 e. The largest absolute Gasteiger partial charge is 0.379 e. The molecule has 0 aromatic carbocycles. The van der Waals surface area contributed by atoms with Gasteiger partial charge in [-0.05, 0) is 38.5 Å². The van der Waals surface area contributed by atoms with Gasteiger partial charge in [-0.1, -0.05) is 6.92 Å². The third-order valence-electron chi connectivity index (χ3n) is 4.87. The zero-order valence-corrected chi connectivity index (χ0v) is 12.4. The quantitative estimate of drug-likeness (QED) is 0.820. The molecule has 3 aliphatic heterocycles. The van der Waals surface area contributed by atoms with E-state index in [1.54, 1.807) is 0 Å². The summed E-state index contributed by atoms with van der Waals surface area (Å²) in [6.07, 6.45) is 6.76. The lowest BCUT2D eigenvalue weighted by atomic mass is 9.98. The van der Waals surface area contributed by atoms with Crippen molar-refractivity contribution in [2.75, 3.05) is 19.8 Å². The minimum atomic E-state index is 0.119. The molecule has 20 heavy (non-hydrogen) atoms. The molecule has 2 bridgehead atoms. The average Bonchev–Trinajstić information content (AvgIpc) is 3.05. The number of nitrogens with zero attached hydrogens (tertiary/aromatic N) is 1. The second kappa shape index (κ2) is 6.31. The highest BCUT2D eigenvalue weighted by molar-refractivity contribution is 5.75. The monoisotopic (exact) mass is 281 g/mol. The summed E-state index contributed by atoms with van der Waals surface area (Å²) < 4.78 is 5.34. The Hall–Kier alpha value is -0.810. The molecule has 2 N–H and O–H groups in total. The Labute approximate surface area is 121 Å². The van der Waals surface area contributed by atoms with Crippen LogP contribution in [0, 0.1) is 0 Å². The summed E-state index contributed by atoms with van der Waals surface area (Å²) in [5.41, 5.74) is 0. The number of hydrogen-bond donors (Lipinski definition) is 2. The second-order valence-corrected chi connectivity index (χ2v) is 6.47. The summed E-state index contributed by atoms with van der Waals surface area (Å²) in [5.74, 6) is 0. The molecule has 3 heterocycles. The molecule has 0 spiro atoms. The summed E-state index contributed by atoms with van der Waals surface area (Å²) in [5, 5.41) is 6.80. The summed E-state index contributed by atoms with van der Waals surface area (Å²) in [6.45, 7) is 4.46. The van der Waals surface area contributed by atoms with Gasteiger partial charge in [-0.2, -0.15) is 0 Å². The van der Waals surface area contributed by atoms with E-state index in [9.17, 15) is 4.79 Å². The Balaban J connectivity index is 1.60. The van der Waals surface area contributed by atoms with Crippen LogP contribution < -0.4 is 10.6 Å². The number of carbonyl (C=O) groups excluding carboxylic acids is 1. The lowest BCUT2D eigenvalue weighted by molar-refractivity contribution is 0.141. The van der Waals surface area contributed by atoms with Crippen LogP contribution in [0.5, 0.6) is 0 Å². The number of carbonyl (C=O) groups is 1. The van der Waals surface area contributed by atoms with Gasteiger partial charge in [-0.15, -0.1) is 0 Å². The SMILES string of the molecule is CCCN(C(=O)NC1CCOC1)C1CC2CCC(C1)N2. The summed E-state index contributed by atoms with van der Waals surface area (Å²) in [6, 6.07) is 1.99. The standard InChI is InChI=1S/C15H27N3O2/c1-2-6-18(15(19)17-13-5-7-20-10-13)14-8-11-3-4-12(9-14)16-11/h11-14,16H,2-10H2,1H3,(H,17,19). The Morgan fingerprint density at radius 1 is 1.30 bits per heavy atom. The second-order valence-electron chi connectivity index (χ2n) is 6.47. The molecular formula is C15H27N3O2. The maximum atomic E-state index is 12.6. The van der Waals surface area contributed by atoms with E-state index in [1.807, 2.05) is 0 Å². The molecule has 3 saturated heterocycles. The number of urea groups is 1. The van der Waals surface area contributed by atoms with Gasteiger partial charge >= 0.3 is 6.03 Å². The molecule has 114 valence electrons. The molecular weight excluding hydrogens is 254 g/mol. The van der Waals surface area contributed by atoms with Gasteiger partial charge < -0.3 is 20.3 Å². The predicted molar refractivity (Wildman–Crippen MR) is 77.7 cm³/mol. The highest BCUT2D eigenvalue weighted by Gasteiger charge is 2.37. The van der Waals surface area contributed by atoms with Gasteiger partial charge in [0.05, 0.1) is 12.6 Å². The van der Waals surface area contributed by atoms with Crippen molar-refractivity contribution >= 4 is 6.03 Å². The minimum Gasteiger partial charge on any atom is -0.379 e. The van der Waals surface area contributed by atoms with Crippen LogP contribution in [0.15, 0.2) is 0 Å². The highest BCUT2D eigenvalue weighted by Crippen LogP contribution is 2.30. The first-order chi connectivity index (χ1) is 9.76. The minimum absolute atomic E-state index is 0.119. The van der Waals surface area contributed by atoms with E-state index in [1.165, 1.54) is 12.8 Å². The zero-order chi connectivity index (χ0) is 13.9. The van der Waals surface area contributed by atoms with E-state index in [0.29, 0.717) is 24.7 Å². The lowest BCUT2D eigenvalue weighted by Crippen LogP contribution is -2.54. The van der Waals surface area contributed by atoms with Gasteiger partial charge in [-0.25, -0.2) is 4.79 Å². The fourth-order valence-electron chi connectivity index (χ4n) is 3.88. The van der Waals surface area contributed by atoms with Crippen LogP contribution in [-0.4, -0.2) is 54.9 Å². The molecule has 0 aromatic rings. The Morgan fingerprint density at radius 2 is 2.05 bits per heavy atom. The smallest absolute Gasteiger partial charge is 0.317 e. The molecule has 0 radical (unpaired) electrons. The number of hydrogen-bond acceptors (Lipinski definition) is 3. The highest BCUT2D eigenvalue weighted by atomic mass is 16.5. The number of ether oxygens (including phenoxy) is 1. The average molecular weight is 281 g/mol. The van der Waals surface area contributed by atoms with E-state index in [2.05, 4.69) is 22.5 Å². The molecule has 3 rings (SSSR count). The van der Waals surface area contributed by atoms with Crippen LogP contribution in [0.2, 0.25) is 0 Å². The molecule has 0 aliphatic carbocycles. The van der Waals surface area contributed by atoms with Gasteiger partial charge in [0.1, 0.15) is 0 Å². The predicted octanol–water partition coefficient (Wildman–Crippen LogP) is 1.48. The van der Waals surface area contributed by atoms with Crippen molar-refractivity contribution in [2.24, 2.45) is 0 Å². The van der Waals surface area contributed by atoms with Gasteiger partial charge in [0.2, 0.25) is 0 Å². The van der Waals surface area contributed by atoms with Crippen molar-refractivity contribution in [2.45, 2.75) is 69.6 Å². The lowest BCUT2D eigenvalue weighted by Gasteiger charge is -2.38. The zero-order valence-electron chi connectivity index (χ0n) is 12.4. The molecule has 0 saturated carbocycles. The van der Waals surface area contributed by atoms with Crippen molar-refractivity contribution in [3.05, 3.63) is 0 Å². The van der Waals surface area contributed by atoms with Crippen molar-refractivity contribution < 1.29 is 9.53 Å². The van der Waals surface area contributed by atoms with Crippen molar-refractivity contribution in [3.8, 4) is 0 Å². The van der Waals surface area contributed by atoms with Crippen LogP contribution >= 0.6 is 0 Å². The van der Waals surface area contributed by atoms with E-state index in [0.717, 1.165) is 38.8 Å². The van der Waals surface area contributed by atoms with Crippen LogP contribution in [0.4, 0.5) is 4.79 Å². The van der Waals surface area contributed by atoms with Crippen molar-refractivity contribution in [1.29, 1.82) is 0 Å². The van der Waals surface area contributed by atoms with Crippen LogP contribution in [-0.2, 0) is 4.74 Å². The van der Waals surface area contributed by atoms with Crippen molar-refractivity contribution in [3.63, 3.8) is 0 Å². The van der Waals surface area contributed by atoms with Crippen LogP contribution in [0.25, 0.3) is 0 Å². The summed E-state index contributed by atoms with van der Waals surface area (Å²) in [7, 11) is 0. The van der Waals surface area contributed by atoms with Gasteiger partial charge in [-0.3, -0.25) is 0 Å². The molecule has 3 atom stereocenters. The third kappa shape index (κ3) is 3.09. The summed E-state index contributed by atoms with van der Waals surface area (Å²) >= 11 is 0. The Bertz CT molecular complexity index is 332. The molecule has 3 unspecified atom stereocenters.